The first kappa shape index (κ1) is 20.7. The molecule has 0 aliphatic carbocycles. The van der Waals surface area contributed by atoms with Gasteiger partial charge in [-0.05, 0) is 49.4 Å². The summed E-state index contributed by atoms with van der Waals surface area (Å²) in [5, 5.41) is 0.511. The number of methoxy groups -OCH3 is 1. The first-order valence-electron chi connectivity index (χ1n) is 10.0. The van der Waals surface area contributed by atoms with E-state index in [1.807, 2.05) is 0 Å². The summed E-state index contributed by atoms with van der Waals surface area (Å²) in [4.78, 5) is 26.8. The molecule has 8 heteroatoms. The first-order valence-corrected chi connectivity index (χ1v) is 10.0. The lowest BCUT2D eigenvalue weighted by atomic mass is 10.1. The minimum absolute atomic E-state index is 0.221. The molecule has 2 aromatic carbocycles. The second-order valence-electron chi connectivity index (χ2n) is 6.88. The van der Waals surface area contributed by atoms with Crippen LogP contribution in [0.3, 0.4) is 0 Å². The van der Waals surface area contributed by atoms with E-state index in [1.165, 1.54) is 0 Å². The molecule has 3 aromatic rings. The van der Waals surface area contributed by atoms with Gasteiger partial charge in [0.1, 0.15) is 28.4 Å². The van der Waals surface area contributed by atoms with Crippen LogP contribution in [0.4, 0.5) is 4.79 Å². The van der Waals surface area contributed by atoms with Gasteiger partial charge in [0.2, 0.25) is 0 Å². The fourth-order valence-corrected chi connectivity index (χ4v) is 3.40. The predicted molar refractivity (Wildman–Crippen MR) is 113 cm³/mol. The van der Waals surface area contributed by atoms with Gasteiger partial charge >= 0.3 is 12.1 Å². The van der Waals surface area contributed by atoms with Crippen molar-refractivity contribution >= 4 is 23.0 Å². The van der Waals surface area contributed by atoms with Gasteiger partial charge in [-0.15, -0.1) is 0 Å². The highest BCUT2D eigenvalue weighted by molar-refractivity contribution is 6.09. The van der Waals surface area contributed by atoms with Gasteiger partial charge < -0.3 is 28.3 Å². The Morgan fingerprint density at radius 3 is 2.42 bits per heavy atom. The molecule has 0 bridgehead atoms. The highest BCUT2D eigenvalue weighted by Gasteiger charge is 2.25. The Bertz CT molecular complexity index is 1080. The van der Waals surface area contributed by atoms with Crippen LogP contribution in [0.5, 0.6) is 11.5 Å². The number of hydrogen-bond donors (Lipinski definition) is 0. The van der Waals surface area contributed by atoms with Gasteiger partial charge in [0.25, 0.3) is 0 Å². The van der Waals surface area contributed by atoms with Crippen LogP contribution in [0, 0.1) is 0 Å². The minimum atomic E-state index is -0.510. The Labute approximate surface area is 179 Å². The minimum Gasteiger partial charge on any atom is -0.497 e. The Morgan fingerprint density at radius 1 is 1.03 bits per heavy atom. The lowest BCUT2D eigenvalue weighted by Crippen LogP contribution is -2.42. The summed E-state index contributed by atoms with van der Waals surface area (Å²) in [6.07, 6.45) is -0.459. The number of hydrogen-bond acceptors (Lipinski definition) is 7. The van der Waals surface area contributed by atoms with Gasteiger partial charge in [0.05, 0.1) is 26.9 Å². The molecule has 0 unspecified atom stereocenters. The number of carbonyl (C=O) groups excluding carboxylic acids is 2. The van der Waals surface area contributed by atoms with E-state index in [0.29, 0.717) is 60.1 Å². The average Bonchev–Trinajstić information content (AvgIpc) is 3.18. The molecule has 0 radical (unpaired) electrons. The molecule has 1 fully saturated rings. The maximum absolute atomic E-state index is 12.8. The van der Waals surface area contributed by atoms with Crippen LogP contribution >= 0.6 is 0 Å². The molecule has 1 amide bonds. The number of fused-ring (bicyclic) bond motifs is 1. The van der Waals surface area contributed by atoms with Crippen molar-refractivity contribution in [2.75, 3.05) is 40.0 Å². The second kappa shape index (κ2) is 9.09. The maximum Gasteiger partial charge on any atom is 0.415 e. The molecule has 162 valence electrons. The number of esters is 1. The highest BCUT2D eigenvalue weighted by atomic mass is 16.6. The lowest BCUT2D eigenvalue weighted by molar-refractivity contribution is 0.0416. The van der Waals surface area contributed by atoms with Crippen LogP contribution in [-0.4, -0.2) is 57.0 Å². The molecule has 0 spiro atoms. The molecule has 1 aliphatic rings. The maximum atomic E-state index is 12.8. The zero-order valence-corrected chi connectivity index (χ0v) is 17.4. The SMILES string of the molecule is CCOC(=O)c1c(-c2ccc(OC)cc2)oc2ccc(OC(=O)N3CCOCC3)cc12. The molecule has 2 heterocycles. The summed E-state index contributed by atoms with van der Waals surface area (Å²) in [7, 11) is 1.58. The standard InChI is InChI=1S/C23H23NO7/c1-3-29-22(25)20-18-14-17(30-23(26)24-10-12-28-13-11-24)8-9-19(18)31-21(20)15-4-6-16(27-2)7-5-15/h4-9,14H,3,10-13H2,1-2H3. The Morgan fingerprint density at radius 2 is 1.74 bits per heavy atom. The number of morpholine rings is 1. The summed E-state index contributed by atoms with van der Waals surface area (Å²) in [6.45, 7) is 3.87. The Kier molecular flexibility index (Phi) is 6.08. The molecule has 0 atom stereocenters. The second-order valence-corrected chi connectivity index (χ2v) is 6.88. The van der Waals surface area contributed by atoms with Crippen molar-refractivity contribution in [2.24, 2.45) is 0 Å². The van der Waals surface area contributed by atoms with Crippen LogP contribution in [0.15, 0.2) is 46.9 Å². The fraction of sp³-hybridized carbons (Fsp3) is 0.304. The molecule has 0 N–H and O–H groups in total. The molecular weight excluding hydrogens is 402 g/mol. The van der Waals surface area contributed by atoms with E-state index in [-0.39, 0.29) is 12.2 Å². The van der Waals surface area contributed by atoms with Gasteiger partial charge in [-0.25, -0.2) is 9.59 Å². The zero-order chi connectivity index (χ0) is 21.8. The summed E-state index contributed by atoms with van der Waals surface area (Å²) in [5.41, 5.74) is 1.47. The van der Waals surface area contributed by atoms with Crippen molar-refractivity contribution in [3.63, 3.8) is 0 Å². The number of nitrogens with zero attached hydrogens (tertiary/aromatic N) is 1. The van der Waals surface area contributed by atoms with E-state index in [0.717, 1.165) is 0 Å². The van der Waals surface area contributed by atoms with Crippen LogP contribution in [0.25, 0.3) is 22.3 Å². The van der Waals surface area contributed by atoms with Crippen molar-refractivity contribution in [1.82, 2.24) is 4.90 Å². The third-order valence-corrected chi connectivity index (χ3v) is 4.97. The molecule has 31 heavy (non-hydrogen) atoms. The molecular formula is C23H23NO7. The predicted octanol–water partition coefficient (Wildman–Crippen LogP) is 4.12. The smallest absolute Gasteiger partial charge is 0.415 e. The molecule has 1 saturated heterocycles. The molecule has 8 nitrogen and oxygen atoms in total. The summed E-state index contributed by atoms with van der Waals surface area (Å²) < 4.78 is 27.2. The zero-order valence-electron chi connectivity index (χ0n) is 17.4. The van der Waals surface area contributed by atoms with Gasteiger partial charge in [-0.3, -0.25) is 0 Å². The van der Waals surface area contributed by atoms with Crippen molar-refractivity contribution in [3.05, 3.63) is 48.0 Å². The Balaban J connectivity index is 1.71. The van der Waals surface area contributed by atoms with E-state index >= 15 is 0 Å². The average molecular weight is 425 g/mol. The highest BCUT2D eigenvalue weighted by Crippen LogP contribution is 2.36. The number of rotatable bonds is 5. The van der Waals surface area contributed by atoms with Gasteiger partial charge in [0, 0.05) is 24.0 Å². The third kappa shape index (κ3) is 4.34. The van der Waals surface area contributed by atoms with Gasteiger partial charge in [-0.1, -0.05) is 0 Å². The third-order valence-electron chi connectivity index (χ3n) is 4.97. The number of furan rings is 1. The monoisotopic (exact) mass is 425 g/mol. The topological polar surface area (TPSA) is 87.4 Å². The molecule has 0 saturated carbocycles. The van der Waals surface area contributed by atoms with E-state index < -0.39 is 12.1 Å². The Hall–Kier alpha value is -3.52. The van der Waals surface area contributed by atoms with Crippen LogP contribution in [0.2, 0.25) is 0 Å². The van der Waals surface area contributed by atoms with E-state index in [2.05, 4.69) is 0 Å². The van der Waals surface area contributed by atoms with Crippen LogP contribution in [0.1, 0.15) is 17.3 Å². The normalized spacial score (nSPS) is 13.8. The van der Waals surface area contributed by atoms with Crippen molar-refractivity contribution in [3.8, 4) is 22.8 Å². The van der Waals surface area contributed by atoms with Crippen molar-refractivity contribution in [2.45, 2.75) is 6.92 Å². The van der Waals surface area contributed by atoms with Crippen molar-refractivity contribution < 1.29 is 33.0 Å². The largest absolute Gasteiger partial charge is 0.497 e. The van der Waals surface area contributed by atoms with Gasteiger partial charge in [0.15, 0.2) is 0 Å². The summed E-state index contributed by atoms with van der Waals surface area (Å²) >= 11 is 0. The quantitative estimate of drug-likeness (QED) is 0.568. The van der Waals surface area contributed by atoms with Crippen LogP contribution in [-0.2, 0) is 9.47 Å². The van der Waals surface area contributed by atoms with E-state index in [4.69, 9.17) is 23.4 Å². The number of benzene rings is 2. The van der Waals surface area contributed by atoms with E-state index in [9.17, 15) is 9.59 Å². The van der Waals surface area contributed by atoms with E-state index in [1.54, 1.807) is 61.4 Å². The van der Waals surface area contributed by atoms with Crippen molar-refractivity contribution in [1.29, 1.82) is 0 Å². The lowest BCUT2D eigenvalue weighted by Gasteiger charge is -2.25. The molecule has 1 aliphatic heterocycles. The summed E-state index contributed by atoms with van der Waals surface area (Å²) in [5.74, 6) is 0.878. The van der Waals surface area contributed by atoms with Crippen LogP contribution < -0.4 is 9.47 Å². The number of carbonyl (C=O) groups is 2. The first-order chi connectivity index (χ1) is 15.1. The van der Waals surface area contributed by atoms with Gasteiger partial charge in [-0.2, -0.15) is 0 Å². The number of ether oxygens (including phenoxy) is 4. The molecule has 1 aromatic heterocycles. The fourth-order valence-electron chi connectivity index (χ4n) is 3.40. The number of amides is 1. The molecule has 4 rings (SSSR count). The summed E-state index contributed by atoms with van der Waals surface area (Å²) in [6, 6.07) is 12.1.